The summed E-state index contributed by atoms with van der Waals surface area (Å²) in [6, 6.07) is 13.0. The molecule has 0 heterocycles. The fraction of sp³-hybridized carbons (Fsp3) is 0.0714. The molecule has 19 heavy (non-hydrogen) atoms. The second kappa shape index (κ2) is 5.77. The number of amides is 1. The first kappa shape index (κ1) is 12.8. The fourth-order valence-corrected chi connectivity index (χ4v) is 1.54. The molecule has 0 fully saturated rings. The molecule has 0 spiro atoms. The van der Waals surface area contributed by atoms with Crippen molar-refractivity contribution in [3.63, 3.8) is 0 Å². The van der Waals surface area contributed by atoms with E-state index < -0.39 is 6.09 Å². The standard InChI is InChI=1S/C14H13NO4/c16-12-6-11(7-13(17)8-12)15-14(18)19-9-10-4-2-1-3-5-10/h1-8,16-17H,9H2,(H,15,18). The molecular weight excluding hydrogens is 246 g/mol. The summed E-state index contributed by atoms with van der Waals surface area (Å²) >= 11 is 0. The molecule has 0 radical (unpaired) electrons. The highest BCUT2D eigenvalue weighted by Crippen LogP contribution is 2.23. The van der Waals surface area contributed by atoms with Gasteiger partial charge in [0, 0.05) is 18.2 Å². The Morgan fingerprint density at radius 3 is 2.32 bits per heavy atom. The summed E-state index contributed by atoms with van der Waals surface area (Å²) in [5.41, 5.74) is 1.13. The molecule has 0 unspecified atom stereocenters. The normalized spacial score (nSPS) is 9.89. The predicted molar refractivity (Wildman–Crippen MR) is 70.0 cm³/mol. The van der Waals surface area contributed by atoms with E-state index in [2.05, 4.69) is 5.32 Å². The van der Waals surface area contributed by atoms with Gasteiger partial charge in [0.1, 0.15) is 18.1 Å². The zero-order valence-electron chi connectivity index (χ0n) is 10.0. The molecule has 2 aromatic rings. The first-order valence-corrected chi connectivity index (χ1v) is 5.64. The molecule has 5 nitrogen and oxygen atoms in total. The minimum atomic E-state index is -0.658. The Morgan fingerprint density at radius 1 is 1.05 bits per heavy atom. The Bertz CT molecular complexity index is 549. The highest BCUT2D eigenvalue weighted by molar-refractivity contribution is 5.85. The van der Waals surface area contributed by atoms with Crippen molar-refractivity contribution >= 4 is 11.8 Å². The molecule has 1 amide bonds. The van der Waals surface area contributed by atoms with Gasteiger partial charge in [-0.2, -0.15) is 0 Å². The monoisotopic (exact) mass is 259 g/mol. The molecule has 0 aliphatic carbocycles. The number of phenolic OH excluding ortho intramolecular Hbond substituents is 2. The Labute approximate surface area is 110 Å². The van der Waals surface area contributed by atoms with Crippen molar-refractivity contribution in [1.82, 2.24) is 0 Å². The van der Waals surface area contributed by atoms with Crippen LogP contribution in [0, 0.1) is 0 Å². The first-order valence-electron chi connectivity index (χ1n) is 5.64. The van der Waals surface area contributed by atoms with E-state index in [0.717, 1.165) is 5.56 Å². The minimum absolute atomic E-state index is 0.140. The van der Waals surface area contributed by atoms with Gasteiger partial charge in [-0.3, -0.25) is 5.32 Å². The van der Waals surface area contributed by atoms with Crippen LogP contribution >= 0.6 is 0 Å². The maximum atomic E-state index is 11.5. The van der Waals surface area contributed by atoms with Crippen molar-refractivity contribution in [3.05, 3.63) is 54.1 Å². The molecule has 3 N–H and O–H groups in total. The van der Waals surface area contributed by atoms with Crippen LogP contribution < -0.4 is 5.32 Å². The number of carbonyl (C=O) groups excluding carboxylic acids is 1. The Hall–Kier alpha value is -2.69. The molecule has 0 bridgehead atoms. The number of aromatic hydroxyl groups is 2. The van der Waals surface area contributed by atoms with Crippen LogP contribution in [0.1, 0.15) is 5.56 Å². The maximum absolute atomic E-state index is 11.5. The van der Waals surface area contributed by atoms with Gasteiger partial charge in [0.15, 0.2) is 0 Å². The van der Waals surface area contributed by atoms with Crippen LogP contribution in [0.25, 0.3) is 0 Å². The van der Waals surface area contributed by atoms with Crippen LogP contribution in [0.4, 0.5) is 10.5 Å². The summed E-state index contributed by atoms with van der Waals surface area (Å²) < 4.78 is 5.00. The van der Waals surface area contributed by atoms with Crippen molar-refractivity contribution in [3.8, 4) is 11.5 Å². The van der Waals surface area contributed by atoms with Crippen molar-refractivity contribution in [1.29, 1.82) is 0 Å². The lowest BCUT2D eigenvalue weighted by atomic mass is 10.2. The first-order chi connectivity index (χ1) is 9.13. The third kappa shape index (κ3) is 3.92. The molecule has 0 saturated carbocycles. The van der Waals surface area contributed by atoms with E-state index in [1.807, 2.05) is 30.3 Å². The number of phenols is 2. The van der Waals surface area contributed by atoms with E-state index in [9.17, 15) is 15.0 Å². The van der Waals surface area contributed by atoms with Gasteiger partial charge in [0.25, 0.3) is 0 Å². The minimum Gasteiger partial charge on any atom is -0.508 e. The van der Waals surface area contributed by atoms with Crippen LogP contribution in [0.3, 0.4) is 0 Å². The van der Waals surface area contributed by atoms with E-state index >= 15 is 0 Å². The van der Waals surface area contributed by atoms with E-state index in [-0.39, 0.29) is 23.8 Å². The second-order valence-corrected chi connectivity index (χ2v) is 3.92. The molecule has 2 aromatic carbocycles. The topological polar surface area (TPSA) is 78.8 Å². The number of anilines is 1. The van der Waals surface area contributed by atoms with Crippen LogP contribution in [0.5, 0.6) is 11.5 Å². The van der Waals surface area contributed by atoms with Crippen molar-refractivity contribution < 1.29 is 19.7 Å². The smallest absolute Gasteiger partial charge is 0.411 e. The van der Waals surface area contributed by atoms with Crippen LogP contribution in [-0.4, -0.2) is 16.3 Å². The largest absolute Gasteiger partial charge is 0.508 e. The molecule has 0 aromatic heterocycles. The summed E-state index contributed by atoms with van der Waals surface area (Å²) in [7, 11) is 0. The van der Waals surface area contributed by atoms with E-state index in [4.69, 9.17) is 4.74 Å². The molecule has 0 aliphatic rings. The van der Waals surface area contributed by atoms with Gasteiger partial charge < -0.3 is 14.9 Å². The number of carbonyl (C=O) groups is 1. The Balaban J connectivity index is 1.91. The number of rotatable bonds is 3. The Kier molecular flexibility index (Phi) is 3.87. The summed E-state index contributed by atoms with van der Waals surface area (Å²) in [6.45, 7) is 0.150. The van der Waals surface area contributed by atoms with Gasteiger partial charge in [0.2, 0.25) is 0 Å². The van der Waals surface area contributed by atoms with E-state index in [0.29, 0.717) is 0 Å². The average Bonchev–Trinajstić information content (AvgIpc) is 2.36. The summed E-state index contributed by atoms with van der Waals surface area (Å²) in [5.74, 6) is -0.281. The molecular formula is C14H13NO4. The SMILES string of the molecule is O=C(Nc1cc(O)cc(O)c1)OCc1ccccc1. The van der Waals surface area contributed by atoms with E-state index in [1.165, 1.54) is 18.2 Å². The lowest BCUT2D eigenvalue weighted by molar-refractivity contribution is 0.155. The summed E-state index contributed by atoms with van der Waals surface area (Å²) in [6.07, 6.45) is -0.658. The van der Waals surface area contributed by atoms with Gasteiger partial charge in [-0.05, 0) is 5.56 Å². The molecule has 98 valence electrons. The zero-order chi connectivity index (χ0) is 13.7. The highest BCUT2D eigenvalue weighted by atomic mass is 16.5. The number of nitrogens with one attached hydrogen (secondary N) is 1. The second-order valence-electron chi connectivity index (χ2n) is 3.92. The molecule has 0 saturated heterocycles. The average molecular weight is 259 g/mol. The van der Waals surface area contributed by atoms with Gasteiger partial charge in [-0.1, -0.05) is 30.3 Å². The fourth-order valence-electron chi connectivity index (χ4n) is 1.54. The predicted octanol–water partition coefficient (Wildman–Crippen LogP) is 2.85. The molecule has 0 atom stereocenters. The Morgan fingerprint density at radius 2 is 1.68 bits per heavy atom. The van der Waals surface area contributed by atoms with Crippen LogP contribution in [0.15, 0.2) is 48.5 Å². The zero-order valence-corrected chi connectivity index (χ0v) is 10.0. The molecule has 0 aliphatic heterocycles. The van der Waals surface area contributed by atoms with Gasteiger partial charge in [-0.15, -0.1) is 0 Å². The van der Waals surface area contributed by atoms with Crippen LogP contribution in [0.2, 0.25) is 0 Å². The van der Waals surface area contributed by atoms with Crippen molar-refractivity contribution in [2.45, 2.75) is 6.61 Å². The third-order valence-corrected chi connectivity index (χ3v) is 2.36. The lowest BCUT2D eigenvalue weighted by Crippen LogP contribution is -2.13. The third-order valence-electron chi connectivity index (χ3n) is 2.36. The number of hydrogen-bond donors (Lipinski definition) is 3. The van der Waals surface area contributed by atoms with Gasteiger partial charge in [0.05, 0.1) is 5.69 Å². The number of ether oxygens (including phenoxy) is 1. The van der Waals surface area contributed by atoms with Crippen molar-refractivity contribution in [2.75, 3.05) is 5.32 Å². The highest BCUT2D eigenvalue weighted by Gasteiger charge is 2.05. The molecule has 2 rings (SSSR count). The number of hydrogen-bond acceptors (Lipinski definition) is 4. The quantitative estimate of drug-likeness (QED) is 0.792. The summed E-state index contributed by atoms with van der Waals surface area (Å²) in [5, 5.41) is 20.9. The van der Waals surface area contributed by atoms with Crippen molar-refractivity contribution in [2.24, 2.45) is 0 Å². The maximum Gasteiger partial charge on any atom is 0.411 e. The lowest BCUT2D eigenvalue weighted by Gasteiger charge is -2.07. The molecule has 5 heteroatoms. The van der Waals surface area contributed by atoms with E-state index in [1.54, 1.807) is 0 Å². The number of benzene rings is 2. The van der Waals surface area contributed by atoms with Gasteiger partial charge >= 0.3 is 6.09 Å². The van der Waals surface area contributed by atoms with Crippen LogP contribution in [-0.2, 0) is 11.3 Å². The van der Waals surface area contributed by atoms with Gasteiger partial charge in [-0.25, -0.2) is 4.79 Å². The summed E-state index contributed by atoms with van der Waals surface area (Å²) in [4.78, 5) is 11.5.